The summed E-state index contributed by atoms with van der Waals surface area (Å²) in [5, 5.41) is 19.1. The molecule has 0 spiro atoms. The average Bonchev–Trinajstić information content (AvgIpc) is 2.28. The second kappa shape index (κ2) is 4.49. The highest BCUT2D eigenvalue weighted by Gasteiger charge is 2.29. The Labute approximate surface area is 106 Å². The third kappa shape index (κ3) is 2.56. The van der Waals surface area contributed by atoms with E-state index < -0.39 is 11.6 Å². The number of hydrogen-bond donors (Lipinski definition) is 3. The van der Waals surface area contributed by atoms with Crippen molar-refractivity contribution in [2.75, 3.05) is 23.7 Å². The SMILES string of the molecule is CC1(O)CCN(c2cc(N)ccc2C(=O)O)CC1. The van der Waals surface area contributed by atoms with Crippen molar-refractivity contribution in [3.63, 3.8) is 0 Å². The number of nitrogens with two attached hydrogens (primary N) is 1. The van der Waals surface area contributed by atoms with Gasteiger partial charge in [0, 0.05) is 18.8 Å². The average molecular weight is 250 g/mol. The van der Waals surface area contributed by atoms with Gasteiger partial charge in [0.25, 0.3) is 0 Å². The minimum Gasteiger partial charge on any atom is -0.478 e. The Kier molecular flexibility index (Phi) is 3.17. The Hall–Kier alpha value is -1.75. The molecule has 0 aliphatic carbocycles. The Morgan fingerprint density at radius 3 is 2.56 bits per heavy atom. The first-order valence-electron chi connectivity index (χ1n) is 5.99. The van der Waals surface area contributed by atoms with Crippen molar-refractivity contribution < 1.29 is 15.0 Å². The normalized spacial score (nSPS) is 18.7. The molecule has 5 heteroatoms. The molecule has 4 N–H and O–H groups in total. The maximum absolute atomic E-state index is 11.2. The third-order valence-corrected chi connectivity index (χ3v) is 3.43. The highest BCUT2D eigenvalue weighted by Crippen LogP contribution is 2.29. The van der Waals surface area contributed by atoms with Gasteiger partial charge in [0.05, 0.1) is 16.9 Å². The number of anilines is 2. The first-order valence-corrected chi connectivity index (χ1v) is 5.99. The molecule has 0 saturated carbocycles. The topological polar surface area (TPSA) is 86.8 Å². The lowest BCUT2D eigenvalue weighted by Crippen LogP contribution is -2.43. The van der Waals surface area contributed by atoms with E-state index in [9.17, 15) is 15.0 Å². The molecule has 1 aliphatic rings. The first kappa shape index (κ1) is 12.7. The van der Waals surface area contributed by atoms with Crippen LogP contribution in [0, 0.1) is 0 Å². The molecule has 1 saturated heterocycles. The predicted octanol–water partition coefficient (Wildman–Crippen LogP) is 1.32. The van der Waals surface area contributed by atoms with Crippen molar-refractivity contribution in [1.82, 2.24) is 0 Å². The van der Waals surface area contributed by atoms with Gasteiger partial charge < -0.3 is 20.8 Å². The van der Waals surface area contributed by atoms with Crippen molar-refractivity contribution in [2.24, 2.45) is 0 Å². The molecule has 0 unspecified atom stereocenters. The lowest BCUT2D eigenvalue weighted by atomic mass is 9.93. The number of piperidine rings is 1. The van der Waals surface area contributed by atoms with Gasteiger partial charge in [0.2, 0.25) is 0 Å². The monoisotopic (exact) mass is 250 g/mol. The number of nitrogen functional groups attached to an aromatic ring is 1. The lowest BCUT2D eigenvalue weighted by molar-refractivity contribution is 0.0351. The minimum absolute atomic E-state index is 0.255. The van der Waals surface area contributed by atoms with Crippen LogP contribution in [0.5, 0.6) is 0 Å². The van der Waals surface area contributed by atoms with Crippen molar-refractivity contribution in [1.29, 1.82) is 0 Å². The zero-order valence-electron chi connectivity index (χ0n) is 10.4. The molecular formula is C13H18N2O3. The Morgan fingerprint density at radius 2 is 2.00 bits per heavy atom. The number of aliphatic hydroxyl groups is 1. The molecule has 5 nitrogen and oxygen atoms in total. The molecule has 0 bridgehead atoms. The third-order valence-electron chi connectivity index (χ3n) is 3.43. The highest BCUT2D eigenvalue weighted by molar-refractivity contribution is 5.95. The van der Waals surface area contributed by atoms with E-state index in [2.05, 4.69) is 0 Å². The molecule has 18 heavy (non-hydrogen) atoms. The zero-order valence-corrected chi connectivity index (χ0v) is 10.4. The number of hydrogen-bond acceptors (Lipinski definition) is 4. The molecule has 2 rings (SSSR count). The summed E-state index contributed by atoms with van der Waals surface area (Å²) in [5.41, 5.74) is 6.51. The summed E-state index contributed by atoms with van der Waals surface area (Å²) in [6.45, 7) is 3.08. The van der Waals surface area contributed by atoms with E-state index in [1.165, 1.54) is 6.07 Å². The van der Waals surface area contributed by atoms with Crippen molar-refractivity contribution in [3.05, 3.63) is 23.8 Å². The summed E-state index contributed by atoms with van der Waals surface area (Å²) in [6, 6.07) is 4.80. The quantitative estimate of drug-likeness (QED) is 0.689. The molecular weight excluding hydrogens is 232 g/mol. The zero-order chi connectivity index (χ0) is 13.3. The largest absolute Gasteiger partial charge is 0.478 e. The second-order valence-corrected chi connectivity index (χ2v) is 5.07. The molecule has 1 heterocycles. The predicted molar refractivity (Wildman–Crippen MR) is 69.9 cm³/mol. The van der Waals surface area contributed by atoms with E-state index in [1.54, 1.807) is 12.1 Å². The van der Waals surface area contributed by atoms with Crippen molar-refractivity contribution in [2.45, 2.75) is 25.4 Å². The summed E-state index contributed by atoms with van der Waals surface area (Å²) in [6.07, 6.45) is 1.25. The molecule has 0 atom stereocenters. The molecule has 98 valence electrons. The highest BCUT2D eigenvalue weighted by atomic mass is 16.4. The molecule has 1 aromatic carbocycles. The number of aromatic carboxylic acids is 1. The van der Waals surface area contributed by atoms with Crippen LogP contribution in [0.2, 0.25) is 0 Å². The van der Waals surface area contributed by atoms with E-state index in [0.717, 1.165) is 0 Å². The molecule has 1 aromatic rings. The van der Waals surface area contributed by atoms with E-state index in [4.69, 9.17) is 5.73 Å². The lowest BCUT2D eigenvalue weighted by Gasteiger charge is -2.37. The summed E-state index contributed by atoms with van der Waals surface area (Å²) >= 11 is 0. The summed E-state index contributed by atoms with van der Waals surface area (Å²) in [7, 11) is 0. The van der Waals surface area contributed by atoms with Crippen molar-refractivity contribution in [3.8, 4) is 0 Å². The fourth-order valence-electron chi connectivity index (χ4n) is 2.22. The van der Waals surface area contributed by atoms with Crippen LogP contribution < -0.4 is 10.6 Å². The van der Waals surface area contributed by atoms with Crippen molar-refractivity contribution >= 4 is 17.3 Å². The van der Waals surface area contributed by atoms with E-state index >= 15 is 0 Å². The smallest absolute Gasteiger partial charge is 0.337 e. The van der Waals surface area contributed by atoms with Crippen LogP contribution in [0.1, 0.15) is 30.1 Å². The molecule has 0 radical (unpaired) electrons. The molecule has 1 aliphatic heterocycles. The Balaban J connectivity index is 2.28. The van der Waals surface area contributed by atoms with Gasteiger partial charge in [0.15, 0.2) is 0 Å². The fraction of sp³-hybridized carbons (Fsp3) is 0.462. The van der Waals surface area contributed by atoms with Crippen LogP contribution in [0.15, 0.2) is 18.2 Å². The van der Waals surface area contributed by atoms with Gasteiger partial charge >= 0.3 is 5.97 Å². The fourth-order valence-corrected chi connectivity index (χ4v) is 2.22. The maximum Gasteiger partial charge on any atom is 0.337 e. The van der Waals surface area contributed by atoms with Gasteiger partial charge in [-0.3, -0.25) is 0 Å². The number of carboxylic acid groups (broad SMARTS) is 1. The molecule has 0 amide bonds. The van der Waals surface area contributed by atoms with Gasteiger partial charge in [-0.15, -0.1) is 0 Å². The number of nitrogens with zero attached hydrogens (tertiary/aromatic N) is 1. The number of carboxylic acids is 1. The van der Waals surface area contributed by atoms with E-state index in [0.29, 0.717) is 37.3 Å². The Morgan fingerprint density at radius 1 is 1.39 bits per heavy atom. The summed E-state index contributed by atoms with van der Waals surface area (Å²) < 4.78 is 0. The van der Waals surface area contributed by atoms with Gasteiger partial charge in [-0.05, 0) is 38.0 Å². The molecule has 1 fully saturated rings. The van der Waals surface area contributed by atoms with Gasteiger partial charge in [0.1, 0.15) is 0 Å². The van der Waals surface area contributed by atoms with Crippen LogP contribution in [-0.4, -0.2) is 34.9 Å². The number of benzene rings is 1. The molecule has 0 aromatic heterocycles. The van der Waals surface area contributed by atoms with Crippen LogP contribution >= 0.6 is 0 Å². The second-order valence-electron chi connectivity index (χ2n) is 5.07. The van der Waals surface area contributed by atoms with Gasteiger partial charge in [-0.2, -0.15) is 0 Å². The van der Waals surface area contributed by atoms with Crippen LogP contribution in [-0.2, 0) is 0 Å². The minimum atomic E-state index is -0.956. The van der Waals surface area contributed by atoms with Gasteiger partial charge in [-0.1, -0.05) is 0 Å². The van der Waals surface area contributed by atoms with Crippen LogP contribution in [0.4, 0.5) is 11.4 Å². The van der Waals surface area contributed by atoms with Crippen LogP contribution in [0.3, 0.4) is 0 Å². The first-order chi connectivity index (χ1) is 8.39. The van der Waals surface area contributed by atoms with Crippen LogP contribution in [0.25, 0.3) is 0 Å². The summed E-state index contributed by atoms with van der Waals surface area (Å²) in [4.78, 5) is 13.2. The number of carbonyl (C=O) groups is 1. The Bertz CT molecular complexity index is 461. The standard InChI is InChI=1S/C13H18N2O3/c1-13(18)4-6-15(7-5-13)11-8-9(14)2-3-10(11)12(16)17/h2-3,8,18H,4-7,14H2,1H3,(H,16,17). The number of rotatable bonds is 2. The maximum atomic E-state index is 11.2. The van der Waals surface area contributed by atoms with E-state index in [1.807, 2.05) is 11.8 Å². The van der Waals surface area contributed by atoms with E-state index in [-0.39, 0.29) is 5.56 Å². The van der Waals surface area contributed by atoms with Gasteiger partial charge in [-0.25, -0.2) is 4.79 Å². The summed E-state index contributed by atoms with van der Waals surface area (Å²) in [5.74, 6) is -0.956.